The highest BCUT2D eigenvalue weighted by Gasteiger charge is 2.08. The fraction of sp³-hybridized carbons (Fsp3) is 0.143. The summed E-state index contributed by atoms with van der Waals surface area (Å²) in [4.78, 5) is 4.27. The zero-order chi connectivity index (χ0) is 16.1. The standard InChI is InChI=1S/C14H12N8O/c1-2-12-17-14(23-20-12)9-3-5-11(6-4-9)16-8-10(7-15)13-18-21-22-19-13/h3-6,8,16H,2H2,1H3,(H,18,19,21,22). The molecular weight excluding hydrogens is 296 g/mol. The van der Waals surface area contributed by atoms with Gasteiger partial charge < -0.3 is 9.84 Å². The van der Waals surface area contributed by atoms with Crippen molar-refractivity contribution in [2.45, 2.75) is 13.3 Å². The molecule has 0 saturated heterocycles. The molecule has 1 aromatic carbocycles. The van der Waals surface area contributed by atoms with E-state index < -0.39 is 0 Å². The second kappa shape index (κ2) is 6.48. The van der Waals surface area contributed by atoms with Crippen molar-refractivity contribution >= 4 is 11.3 Å². The Morgan fingerprint density at radius 2 is 2.22 bits per heavy atom. The number of nitriles is 1. The van der Waals surface area contributed by atoms with Crippen LogP contribution in [0, 0.1) is 11.3 Å². The highest BCUT2D eigenvalue weighted by Crippen LogP contribution is 2.20. The Morgan fingerprint density at radius 1 is 1.39 bits per heavy atom. The van der Waals surface area contributed by atoms with Crippen LogP contribution in [0.2, 0.25) is 0 Å². The van der Waals surface area contributed by atoms with Gasteiger partial charge in [-0.2, -0.15) is 15.5 Å². The number of H-pyrrole nitrogens is 1. The third-order valence-electron chi connectivity index (χ3n) is 3.01. The lowest BCUT2D eigenvalue weighted by Gasteiger charge is -2.01. The van der Waals surface area contributed by atoms with Gasteiger partial charge in [0.25, 0.3) is 5.89 Å². The maximum absolute atomic E-state index is 9.09. The Kier molecular flexibility index (Phi) is 4.06. The van der Waals surface area contributed by atoms with E-state index in [4.69, 9.17) is 9.78 Å². The summed E-state index contributed by atoms with van der Waals surface area (Å²) in [6, 6.07) is 9.38. The summed E-state index contributed by atoms with van der Waals surface area (Å²) in [5.74, 6) is 1.38. The molecule has 0 bridgehead atoms. The molecule has 0 saturated carbocycles. The SMILES string of the molecule is CCc1noc(-c2ccc(NC=C(C#N)c3nn[nH]n3)cc2)n1. The Hall–Kier alpha value is -3.54. The van der Waals surface area contributed by atoms with Crippen LogP contribution in [0.3, 0.4) is 0 Å². The Morgan fingerprint density at radius 3 is 2.83 bits per heavy atom. The monoisotopic (exact) mass is 308 g/mol. The summed E-state index contributed by atoms with van der Waals surface area (Å²) < 4.78 is 5.18. The molecule has 0 spiro atoms. The second-order valence-corrected chi connectivity index (χ2v) is 4.50. The Balaban J connectivity index is 1.74. The molecule has 9 nitrogen and oxygen atoms in total. The van der Waals surface area contributed by atoms with Crippen molar-refractivity contribution in [1.29, 1.82) is 5.26 Å². The first-order valence-electron chi connectivity index (χ1n) is 6.83. The summed E-state index contributed by atoms with van der Waals surface area (Å²) in [5, 5.41) is 29.2. The lowest BCUT2D eigenvalue weighted by molar-refractivity contribution is 0.423. The summed E-state index contributed by atoms with van der Waals surface area (Å²) in [6.07, 6.45) is 2.24. The number of nitrogens with zero attached hydrogens (tertiary/aromatic N) is 6. The van der Waals surface area contributed by atoms with Crippen molar-refractivity contribution in [2.24, 2.45) is 0 Å². The number of tetrazole rings is 1. The average Bonchev–Trinajstić information content (AvgIpc) is 3.28. The van der Waals surface area contributed by atoms with E-state index in [2.05, 4.69) is 36.1 Å². The molecule has 0 aliphatic rings. The number of nitrogens with one attached hydrogen (secondary N) is 2. The van der Waals surface area contributed by atoms with E-state index in [1.54, 1.807) is 0 Å². The molecular formula is C14H12N8O. The first-order valence-corrected chi connectivity index (χ1v) is 6.83. The van der Waals surface area contributed by atoms with Crippen molar-refractivity contribution in [1.82, 2.24) is 30.8 Å². The molecule has 0 aliphatic heterocycles. The van der Waals surface area contributed by atoms with Gasteiger partial charge in [-0.3, -0.25) is 0 Å². The Labute approximate surface area is 131 Å². The van der Waals surface area contributed by atoms with Gasteiger partial charge in [0.1, 0.15) is 11.6 Å². The largest absolute Gasteiger partial charge is 0.360 e. The minimum atomic E-state index is 0.231. The van der Waals surface area contributed by atoms with Gasteiger partial charge in [-0.15, -0.1) is 10.2 Å². The van der Waals surface area contributed by atoms with E-state index in [1.807, 2.05) is 37.3 Å². The van der Waals surface area contributed by atoms with Crippen LogP contribution < -0.4 is 5.32 Å². The fourth-order valence-electron chi connectivity index (χ4n) is 1.80. The van der Waals surface area contributed by atoms with Crippen LogP contribution in [0.15, 0.2) is 35.0 Å². The molecule has 0 radical (unpaired) electrons. The van der Waals surface area contributed by atoms with Gasteiger partial charge in [0.05, 0.1) is 0 Å². The molecule has 2 aromatic heterocycles. The van der Waals surface area contributed by atoms with Gasteiger partial charge in [0.15, 0.2) is 5.82 Å². The van der Waals surface area contributed by atoms with Crippen LogP contribution in [0.5, 0.6) is 0 Å². The molecule has 9 heteroatoms. The molecule has 0 fully saturated rings. The fourth-order valence-corrected chi connectivity index (χ4v) is 1.80. The molecule has 23 heavy (non-hydrogen) atoms. The molecule has 2 heterocycles. The highest BCUT2D eigenvalue weighted by atomic mass is 16.5. The summed E-state index contributed by atoms with van der Waals surface area (Å²) in [6.45, 7) is 1.96. The lowest BCUT2D eigenvalue weighted by atomic mass is 10.2. The molecule has 3 rings (SSSR count). The summed E-state index contributed by atoms with van der Waals surface area (Å²) in [7, 11) is 0. The van der Waals surface area contributed by atoms with Crippen LogP contribution in [-0.2, 0) is 6.42 Å². The van der Waals surface area contributed by atoms with Gasteiger partial charge in [0, 0.05) is 23.9 Å². The van der Waals surface area contributed by atoms with E-state index in [-0.39, 0.29) is 11.4 Å². The van der Waals surface area contributed by atoms with Crippen LogP contribution in [0.25, 0.3) is 17.0 Å². The first kappa shape index (κ1) is 14.4. The number of allylic oxidation sites excluding steroid dienone is 1. The maximum Gasteiger partial charge on any atom is 0.257 e. The maximum atomic E-state index is 9.09. The van der Waals surface area contributed by atoms with Crippen LogP contribution >= 0.6 is 0 Å². The molecule has 0 aliphatic carbocycles. The zero-order valence-electron chi connectivity index (χ0n) is 12.2. The van der Waals surface area contributed by atoms with E-state index in [1.165, 1.54) is 6.20 Å². The number of hydrogen-bond donors (Lipinski definition) is 2. The smallest absolute Gasteiger partial charge is 0.257 e. The Bertz CT molecular complexity index is 842. The third kappa shape index (κ3) is 3.21. The summed E-state index contributed by atoms with van der Waals surface area (Å²) >= 11 is 0. The molecule has 0 amide bonds. The average molecular weight is 308 g/mol. The quantitative estimate of drug-likeness (QED) is 0.682. The molecule has 2 N–H and O–H groups in total. The van der Waals surface area contributed by atoms with Gasteiger partial charge in [-0.05, 0) is 29.5 Å². The van der Waals surface area contributed by atoms with E-state index in [0.717, 1.165) is 17.7 Å². The number of hydrogen-bond acceptors (Lipinski definition) is 8. The first-order chi connectivity index (χ1) is 11.3. The van der Waals surface area contributed by atoms with Crippen molar-refractivity contribution < 1.29 is 4.52 Å². The van der Waals surface area contributed by atoms with Gasteiger partial charge in [-0.1, -0.05) is 12.1 Å². The van der Waals surface area contributed by atoms with Crippen molar-refractivity contribution in [3.63, 3.8) is 0 Å². The minimum absolute atomic E-state index is 0.231. The van der Waals surface area contributed by atoms with Crippen molar-refractivity contribution in [2.75, 3.05) is 5.32 Å². The zero-order valence-corrected chi connectivity index (χ0v) is 12.2. The third-order valence-corrected chi connectivity index (χ3v) is 3.01. The predicted octanol–water partition coefficient (Wildman–Crippen LogP) is 1.79. The topological polar surface area (TPSA) is 129 Å². The minimum Gasteiger partial charge on any atom is -0.360 e. The predicted molar refractivity (Wildman–Crippen MR) is 80.5 cm³/mol. The number of aromatic nitrogens is 6. The van der Waals surface area contributed by atoms with Gasteiger partial charge >= 0.3 is 0 Å². The van der Waals surface area contributed by atoms with Crippen LogP contribution in [-0.4, -0.2) is 30.8 Å². The normalized spacial score (nSPS) is 11.2. The van der Waals surface area contributed by atoms with Crippen molar-refractivity contribution in [3.05, 3.63) is 42.1 Å². The molecule has 114 valence electrons. The van der Waals surface area contributed by atoms with E-state index in [9.17, 15) is 0 Å². The second-order valence-electron chi connectivity index (χ2n) is 4.50. The number of benzene rings is 1. The van der Waals surface area contributed by atoms with E-state index in [0.29, 0.717) is 11.7 Å². The number of rotatable bonds is 5. The van der Waals surface area contributed by atoms with E-state index >= 15 is 0 Å². The number of aryl methyl sites for hydroxylation is 1. The number of anilines is 1. The van der Waals surface area contributed by atoms with Crippen molar-refractivity contribution in [3.8, 4) is 17.5 Å². The van der Waals surface area contributed by atoms with Crippen LogP contribution in [0.4, 0.5) is 5.69 Å². The molecule has 3 aromatic rings. The lowest BCUT2D eigenvalue weighted by Crippen LogP contribution is -1.93. The summed E-state index contributed by atoms with van der Waals surface area (Å²) in [5.41, 5.74) is 1.89. The number of aromatic amines is 1. The molecule has 0 atom stereocenters. The molecule has 0 unspecified atom stereocenters. The van der Waals surface area contributed by atoms with Gasteiger partial charge in [-0.25, -0.2) is 0 Å². The van der Waals surface area contributed by atoms with Crippen LogP contribution in [0.1, 0.15) is 18.6 Å². The highest BCUT2D eigenvalue weighted by molar-refractivity contribution is 5.74. The van der Waals surface area contributed by atoms with Gasteiger partial charge in [0.2, 0.25) is 5.82 Å².